The Labute approximate surface area is 146 Å². The number of ether oxygens (including phenoxy) is 1. The molecule has 25 heavy (non-hydrogen) atoms. The summed E-state index contributed by atoms with van der Waals surface area (Å²) in [6.45, 7) is 0. The Morgan fingerprint density at radius 1 is 0.960 bits per heavy atom. The number of nitriles is 1. The molecular formula is C16H14N2O5S2. The number of benzene rings is 2. The number of anilines is 1. The largest absolute Gasteiger partial charge is 0.497 e. The summed E-state index contributed by atoms with van der Waals surface area (Å²) in [4.78, 5) is -0.00616. The topological polar surface area (TPSA) is 113 Å². The van der Waals surface area contributed by atoms with Gasteiger partial charge in [-0.3, -0.25) is 4.72 Å². The van der Waals surface area contributed by atoms with Crippen LogP contribution in [-0.2, 0) is 19.9 Å². The Morgan fingerprint density at radius 3 is 2.04 bits per heavy atom. The molecule has 0 unspecified atom stereocenters. The van der Waals surface area contributed by atoms with Crippen molar-refractivity contribution in [3.8, 4) is 11.8 Å². The van der Waals surface area contributed by atoms with Gasteiger partial charge in [-0.1, -0.05) is 0 Å². The fourth-order valence-electron chi connectivity index (χ4n) is 1.88. The van der Waals surface area contributed by atoms with Gasteiger partial charge < -0.3 is 4.74 Å². The first kappa shape index (κ1) is 18.5. The predicted octanol–water partition coefficient (Wildman–Crippen LogP) is 2.31. The van der Waals surface area contributed by atoms with E-state index in [-0.39, 0.29) is 15.5 Å². The molecule has 1 N–H and O–H groups in total. The van der Waals surface area contributed by atoms with Crippen LogP contribution in [-0.4, -0.2) is 23.9 Å². The number of hydrogen-bond acceptors (Lipinski definition) is 6. The molecule has 2 aromatic rings. The average molecular weight is 378 g/mol. The Hall–Kier alpha value is -2.83. The van der Waals surface area contributed by atoms with E-state index in [0.29, 0.717) is 5.75 Å². The SMILES string of the molecule is COc1ccc(S(=O)(=O)Nc2ccc(S(=O)(=O)/C=C/C#N)cc2)cc1. The highest BCUT2D eigenvalue weighted by atomic mass is 32.2. The van der Waals surface area contributed by atoms with Crippen LogP contribution in [0.3, 0.4) is 0 Å². The summed E-state index contributed by atoms with van der Waals surface area (Å²) in [6, 6.07) is 12.6. The van der Waals surface area contributed by atoms with E-state index >= 15 is 0 Å². The lowest BCUT2D eigenvalue weighted by molar-refractivity contribution is 0.414. The molecule has 2 rings (SSSR count). The normalized spacial score (nSPS) is 11.8. The summed E-state index contributed by atoms with van der Waals surface area (Å²) in [7, 11) is -6.07. The van der Waals surface area contributed by atoms with Crippen LogP contribution in [0.5, 0.6) is 5.75 Å². The van der Waals surface area contributed by atoms with E-state index in [1.54, 1.807) is 6.07 Å². The zero-order valence-corrected chi connectivity index (χ0v) is 14.7. The Balaban J connectivity index is 2.23. The zero-order chi connectivity index (χ0) is 18.5. The molecule has 2 aromatic carbocycles. The fraction of sp³-hybridized carbons (Fsp3) is 0.0625. The maximum Gasteiger partial charge on any atom is 0.261 e. The number of nitrogens with one attached hydrogen (secondary N) is 1. The first-order valence-electron chi connectivity index (χ1n) is 6.87. The average Bonchev–Trinajstić information content (AvgIpc) is 2.60. The van der Waals surface area contributed by atoms with Crippen molar-refractivity contribution in [3.05, 3.63) is 60.0 Å². The summed E-state index contributed by atoms with van der Waals surface area (Å²) < 4.78 is 55.7. The van der Waals surface area contributed by atoms with E-state index in [9.17, 15) is 16.8 Å². The summed E-state index contributed by atoms with van der Waals surface area (Å²) >= 11 is 0. The van der Waals surface area contributed by atoms with Crippen molar-refractivity contribution in [3.63, 3.8) is 0 Å². The van der Waals surface area contributed by atoms with Crippen LogP contribution in [0, 0.1) is 11.3 Å². The van der Waals surface area contributed by atoms with E-state index in [2.05, 4.69) is 4.72 Å². The molecule has 7 nitrogen and oxygen atoms in total. The molecule has 9 heteroatoms. The minimum Gasteiger partial charge on any atom is -0.497 e. The first-order valence-corrected chi connectivity index (χ1v) is 9.89. The lowest BCUT2D eigenvalue weighted by atomic mass is 10.3. The Bertz CT molecular complexity index is 1020. The van der Waals surface area contributed by atoms with Gasteiger partial charge in [0.25, 0.3) is 10.0 Å². The van der Waals surface area contributed by atoms with Gasteiger partial charge in [0.05, 0.1) is 23.0 Å². The van der Waals surface area contributed by atoms with Gasteiger partial charge in [0.2, 0.25) is 9.84 Å². The Kier molecular flexibility index (Phi) is 5.46. The quantitative estimate of drug-likeness (QED) is 0.772. The molecule has 0 aliphatic rings. The van der Waals surface area contributed by atoms with Crippen molar-refractivity contribution in [2.75, 3.05) is 11.8 Å². The van der Waals surface area contributed by atoms with Crippen LogP contribution in [0.25, 0.3) is 0 Å². The zero-order valence-electron chi connectivity index (χ0n) is 13.1. The molecule has 0 fully saturated rings. The van der Waals surface area contributed by atoms with Crippen LogP contribution < -0.4 is 9.46 Å². The highest BCUT2D eigenvalue weighted by Gasteiger charge is 2.15. The highest BCUT2D eigenvalue weighted by Crippen LogP contribution is 2.21. The number of rotatable bonds is 6. The number of methoxy groups -OCH3 is 1. The number of sulfonamides is 1. The van der Waals surface area contributed by atoms with Crippen LogP contribution in [0.4, 0.5) is 5.69 Å². The van der Waals surface area contributed by atoms with Crippen LogP contribution in [0.1, 0.15) is 0 Å². The minimum absolute atomic E-state index is 0.0435. The van der Waals surface area contributed by atoms with E-state index < -0.39 is 19.9 Å². The molecule has 0 saturated carbocycles. The second kappa shape index (κ2) is 7.38. The van der Waals surface area contributed by atoms with Crippen LogP contribution >= 0.6 is 0 Å². The predicted molar refractivity (Wildman–Crippen MR) is 92.2 cm³/mol. The molecule has 0 saturated heterocycles. The van der Waals surface area contributed by atoms with Gasteiger partial charge in [-0.2, -0.15) is 5.26 Å². The van der Waals surface area contributed by atoms with E-state index in [1.807, 2.05) is 0 Å². The lowest BCUT2D eigenvalue weighted by Gasteiger charge is -2.09. The standard InChI is InChI=1S/C16H14N2O5S2/c1-23-14-5-9-16(10-6-14)25(21,22)18-13-3-7-15(8-4-13)24(19,20)12-2-11-17/h2-10,12,18H,1H3/b12-2+. The number of hydrogen-bond donors (Lipinski definition) is 1. The van der Waals surface area contributed by atoms with Gasteiger partial charge in [0.15, 0.2) is 0 Å². The third kappa shape index (κ3) is 4.59. The van der Waals surface area contributed by atoms with E-state index in [4.69, 9.17) is 10.00 Å². The third-order valence-corrected chi connectivity index (χ3v) is 5.95. The van der Waals surface area contributed by atoms with E-state index in [1.165, 1.54) is 55.6 Å². The van der Waals surface area contributed by atoms with Gasteiger partial charge in [0, 0.05) is 17.2 Å². The van der Waals surface area contributed by atoms with Gasteiger partial charge in [-0.25, -0.2) is 16.8 Å². The molecular weight excluding hydrogens is 364 g/mol. The molecule has 0 atom stereocenters. The molecule has 0 aliphatic carbocycles. The molecule has 0 bridgehead atoms. The second-order valence-electron chi connectivity index (χ2n) is 4.78. The first-order chi connectivity index (χ1) is 11.8. The van der Waals surface area contributed by atoms with Gasteiger partial charge in [-0.15, -0.1) is 0 Å². The highest BCUT2D eigenvalue weighted by molar-refractivity contribution is 7.94. The summed E-state index contributed by atoms with van der Waals surface area (Å²) in [5.74, 6) is 0.527. The van der Waals surface area contributed by atoms with Crippen LogP contribution in [0.2, 0.25) is 0 Å². The van der Waals surface area contributed by atoms with Crippen molar-refractivity contribution < 1.29 is 21.6 Å². The molecule has 0 heterocycles. The number of sulfone groups is 1. The molecule has 130 valence electrons. The van der Waals surface area contributed by atoms with Crippen LogP contribution in [0.15, 0.2) is 69.8 Å². The van der Waals surface area contributed by atoms with Crippen molar-refractivity contribution >= 4 is 25.5 Å². The summed E-state index contributed by atoms with van der Waals surface area (Å²) in [5, 5.41) is 9.18. The maximum absolute atomic E-state index is 12.3. The summed E-state index contributed by atoms with van der Waals surface area (Å²) in [6.07, 6.45) is 0.857. The number of nitrogens with zero attached hydrogens (tertiary/aromatic N) is 1. The fourth-order valence-corrected chi connectivity index (χ4v) is 3.85. The molecule has 0 spiro atoms. The van der Waals surface area contributed by atoms with Crippen molar-refractivity contribution in [1.29, 1.82) is 5.26 Å². The number of allylic oxidation sites excluding steroid dienone is 1. The molecule has 0 aromatic heterocycles. The monoisotopic (exact) mass is 378 g/mol. The maximum atomic E-state index is 12.3. The Morgan fingerprint density at radius 2 is 1.52 bits per heavy atom. The van der Waals surface area contributed by atoms with Crippen molar-refractivity contribution in [1.82, 2.24) is 0 Å². The molecule has 0 radical (unpaired) electrons. The van der Waals surface area contributed by atoms with Crippen molar-refractivity contribution in [2.24, 2.45) is 0 Å². The minimum atomic E-state index is -3.81. The van der Waals surface area contributed by atoms with Gasteiger partial charge in [0.1, 0.15) is 5.75 Å². The third-order valence-electron chi connectivity index (χ3n) is 3.13. The molecule has 0 amide bonds. The van der Waals surface area contributed by atoms with Gasteiger partial charge >= 0.3 is 0 Å². The summed E-state index contributed by atoms with van der Waals surface area (Å²) in [5.41, 5.74) is 0.207. The second-order valence-corrected chi connectivity index (χ2v) is 8.30. The van der Waals surface area contributed by atoms with Crippen molar-refractivity contribution in [2.45, 2.75) is 9.79 Å². The van der Waals surface area contributed by atoms with E-state index in [0.717, 1.165) is 11.5 Å². The smallest absolute Gasteiger partial charge is 0.261 e. The molecule has 0 aliphatic heterocycles. The van der Waals surface area contributed by atoms with Gasteiger partial charge in [-0.05, 0) is 48.5 Å². The lowest BCUT2D eigenvalue weighted by Crippen LogP contribution is -2.12.